The van der Waals surface area contributed by atoms with Gasteiger partial charge in [0.2, 0.25) is 0 Å². The first-order chi connectivity index (χ1) is 16.6. The minimum Gasteiger partial charge on any atom is -0.497 e. The number of unbranched alkanes of at least 4 members (excludes halogenated alkanes) is 1. The first-order valence-corrected chi connectivity index (χ1v) is 11.7. The lowest BCUT2D eigenvalue weighted by molar-refractivity contribution is 0.251. The van der Waals surface area contributed by atoms with Crippen LogP contribution in [-0.4, -0.2) is 27.7 Å². The Morgan fingerprint density at radius 2 is 1.79 bits per heavy atom. The molecule has 0 aliphatic heterocycles. The number of hydrogen-bond donors (Lipinski definition) is 2. The molecule has 176 valence electrons. The number of methoxy groups -OCH3 is 1. The van der Waals surface area contributed by atoms with Crippen molar-refractivity contribution in [3.05, 3.63) is 83.3 Å². The molecule has 0 aliphatic carbocycles. The Hall–Kier alpha value is -3.87. The zero-order valence-electron chi connectivity index (χ0n) is 20.0. The molecule has 7 nitrogen and oxygen atoms in total. The van der Waals surface area contributed by atoms with Gasteiger partial charge < -0.3 is 19.9 Å². The van der Waals surface area contributed by atoms with Crippen LogP contribution in [0.3, 0.4) is 0 Å². The number of nitrogens with one attached hydrogen (secondary N) is 2. The molecular formula is C27H31N5O2. The van der Waals surface area contributed by atoms with Crippen molar-refractivity contribution in [3.63, 3.8) is 0 Å². The van der Waals surface area contributed by atoms with Crippen LogP contribution in [0.2, 0.25) is 0 Å². The van der Waals surface area contributed by atoms with Crippen LogP contribution in [0.4, 0.5) is 10.5 Å². The number of benzene rings is 2. The molecule has 0 fully saturated rings. The summed E-state index contributed by atoms with van der Waals surface area (Å²) in [6.45, 7) is 5.22. The molecule has 0 atom stereocenters. The quantitative estimate of drug-likeness (QED) is 0.350. The summed E-state index contributed by atoms with van der Waals surface area (Å²) >= 11 is 0. The Morgan fingerprint density at radius 1 is 1.03 bits per heavy atom. The first kappa shape index (κ1) is 23.3. The average Bonchev–Trinajstić information content (AvgIpc) is 3.18. The molecule has 0 bridgehead atoms. The van der Waals surface area contributed by atoms with Gasteiger partial charge in [-0.15, -0.1) is 0 Å². The number of urea groups is 1. The van der Waals surface area contributed by atoms with Gasteiger partial charge in [-0.25, -0.2) is 14.8 Å². The summed E-state index contributed by atoms with van der Waals surface area (Å²) in [4.78, 5) is 22.2. The number of ether oxygens (including phenoxy) is 1. The van der Waals surface area contributed by atoms with Crippen LogP contribution in [0, 0.1) is 6.92 Å². The number of nitrogens with zero attached hydrogens (tertiary/aromatic N) is 3. The molecule has 0 radical (unpaired) electrons. The van der Waals surface area contributed by atoms with Crippen LogP contribution in [0.1, 0.15) is 42.4 Å². The number of imidazole rings is 1. The molecule has 2 N–H and O–H groups in total. The summed E-state index contributed by atoms with van der Waals surface area (Å²) in [5.74, 6) is 1.84. The summed E-state index contributed by atoms with van der Waals surface area (Å²) in [5, 5.41) is 5.83. The largest absolute Gasteiger partial charge is 0.497 e. The molecule has 2 amide bonds. The normalized spacial score (nSPS) is 10.9. The molecule has 2 aromatic heterocycles. The second-order valence-electron chi connectivity index (χ2n) is 8.32. The number of hydrogen-bond acceptors (Lipinski definition) is 4. The molecule has 0 aliphatic rings. The van der Waals surface area contributed by atoms with E-state index in [4.69, 9.17) is 14.7 Å². The predicted molar refractivity (Wildman–Crippen MR) is 135 cm³/mol. The average molecular weight is 458 g/mol. The van der Waals surface area contributed by atoms with Crippen molar-refractivity contribution in [2.75, 3.05) is 12.4 Å². The van der Waals surface area contributed by atoms with Gasteiger partial charge in [0.15, 0.2) is 5.65 Å². The smallest absolute Gasteiger partial charge is 0.319 e. The Kier molecular flexibility index (Phi) is 7.42. The van der Waals surface area contributed by atoms with E-state index in [-0.39, 0.29) is 6.03 Å². The van der Waals surface area contributed by atoms with Gasteiger partial charge in [-0.05, 0) is 42.7 Å². The highest BCUT2D eigenvalue weighted by Gasteiger charge is 2.16. The molecule has 2 aromatic carbocycles. The van der Waals surface area contributed by atoms with Crippen molar-refractivity contribution in [1.29, 1.82) is 0 Å². The van der Waals surface area contributed by atoms with Gasteiger partial charge in [-0.2, -0.15) is 0 Å². The molecule has 7 heteroatoms. The maximum Gasteiger partial charge on any atom is 0.319 e. The number of aryl methyl sites for hydroxylation is 2. The standard InChI is InChI=1S/C27H31N5O2/c1-4-5-11-25-30-24-16-23(31-27(33)28-17-20-9-7-6-8-10-20)19(2)29-26(24)32(25)18-21-12-14-22(34-3)15-13-21/h6-10,12-16H,4-5,11,17-18H2,1-3H3,(H2,28,31,33). The van der Waals surface area contributed by atoms with E-state index in [1.807, 2.05) is 55.5 Å². The topological polar surface area (TPSA) is 81.1 Å². The minimum absolute atomic E-state index is 0.267. The van der Waals surface area contributed by atoms with E-state index >= 15 is 0 Å². The number of amides is 2. The lowest BCUT2D eigenvalue weighted by atomic mass is 10.2. The van der Waals surface area contributed by atoms with Crippen molar-refractivity contribution in [3.8, 4) is 5.75 Å². The highest BCUT2D eigenvalue weighted by molar-refractivity contribution is 5.92. The van der Waals surface area contributed by atoms with Gasteiger partial charge in [0, 0.05) is 13.0 Å². The molecule has 0 spiro atoms. The fraction of sp³-hybridized carbons (Fsp3) is 0.296. The van der Waals surface area contributed by atoms with Crippen molar-refractivity contribution in [1.82, 2.24) is 19.9 Å². The van der Waals surface area contributed by atoms with Crippen LogP contribution in [-0.2, 0) is 19.5 Å². The van der Waals surface area contributed by atoms with E-state index < -0.39 is 0 Å². The van der Waals surface area contributed by atoms with Gasteiger partial charge in [0.1, 0.15) is 17.1 Å². The Balaban J connectivity index is 1.57. The number of fused-ring (bicyclic) bond motifs is 1. The maximum absolute atomic E-state index is 12.5. The van der Waals surface area contributed by atoms with E-state index in [9.17, 15) is 4.79 Å². The van der Waals surface area contributed by atoms with Crippen LogP contribution in [0.25, 0.3) is 11.2 Å². The van der Waals surface area contributed by atoms with Crippen LogP contribution < -0.4 is 15.4 Å². The third kappa shape index (κ3) is 5.54. The molecule has 0 saturated heterocycles. The monoisotopic (exact) mass is 457 g/mol. The van der Waals surface area contributed by atoms with Gasteiger partial charge in [-0.3, -0.25) is 0 Å². The summed E-state index contributed by atoms with van der Waals surface area (Å²) in [5.41, 5.74) is 5.22. The SMILES string of the molecule is CCCCc1nc2cc(NC(=O)NCc3ccccc3)c(C)nc2n1Cc1ccc(OC)cc1. The number of anilines is 1. The second-order valence-corrected chi connectivity index (χ2v) is 8.32. The van der Waals surface area contributed by atoms with Crippen molar-refractivity contribution >= 4 is 22.9 Å². The lowest BCUT2D eigenvalue weighted by Gasteiger charge is -2.12. The third-order valence-corrected chi connectivity index (χ3v) is 5.79. The van der Waals surface area contributed by atoms with E-state index in [1.165, 1.54) is 0 Å². The zero-order valence-corrected chi connectivity index (χ0v) is 20.0. The first-order valence-electron chi connectivity index (χ1n) is 11.7. The molecule has 2 heterocycles. The van der Waals surface area contributed by atoms with Gasteiger partial charge in [-0.1, -0.05) is 55.8 Å². The van der Waals surface area contributed by atoms with Crippen LogP contribution in [0.5, 0.6) is 5.75 Å². The highest BCUT2D eigenvalue weighted by Crippen LogP contribution is 2.24. The molecule has 4 rings (SSSR count). The zero-order chi connectivity index (χ0) is 23.9. The van der Waals surface area contributed by atoms with Crippen molar-refractivity contribution in [2.24, 2.45) is 0 Å². The van der Waals surface area contributed by atoms with E-state index in [0.29, 0.717) is 18.8 Å². The highest BCUT2D eigenvalue weighted by atomic mass is 16.5. The molecule has 34 heavy (non-hydrogen) atoms. The van der Waals surface area contributed by atoms with Crippen molar-refractivity contribution < 1.29 is 9.53 Å². The fourth-order valence-corrected chi connectivity index (χ4v) is 3.86. The summed E-state index contributed by atoms with van der Waals surface area (Å²) in [6, 6.07) is 19.5. The summed E-state index contributed by atoms with van der Waals surface area (Å²) < 4.78 is 7.46. The van der Waals surface area contributed by atoms with E-state index in [2.05, 4.69) is 34.3 Å². The second kappa shape index (κ2) is 10.8. The summed E-state index contributed by atoms with van der Waals surface area (Å²) in [7, 11) is 1.67. The number of carbonyl (C=O) groups is 1. The molecule has 0 saturated carbocycles. The van der Waals surface area contributed by atoms with Crippen LogP contribution in [0.15, 0.2) is 60.7 Å². The van der Waals surface area contributed by atoms with Crippen LogP contribution >= 0.6 is 0 Å². The van der Waals surface area contributed by atoms with Gasteiger partial charge >= 0.3 is 6.03 Å². The van der Waals surface area contributed by atoms with E-state index in [1.54, 1.807) is 7.11 Å². The number of rotatable bonds is 9. The lowest BCUT2D eigenvalue weighted by Crippen LogP contribution is -2.28. The summed E-state index contributed by atoms with van der Waals surface area (Å²) in [6.07, 6.45) is 3.02. The van der Waals surface area contributed by atoms with Crippen molar-refractivity contribution in [2.45, 2.75) is 46.2 Å². The molecular weight excluding hydrogens is 426 g/mol. The number of pyridine rings is 1. The molecule has 0 unspecified atom stereocenters. The minimum atomic E-state index is -0.267. The Labute approximate surface area is 200 Å². The van der Waals surface area contributed by atoms with E-state index in [0.717, 1.165) is 58.8 Å². The fourth-order valence-electron chi connectivity index (χ4n) is 3.86. The maximum atomic E-state index is 12.5. The number of aromatic nitrogens is 3. The van der Waals surface area contributed by atoms with Gasteiger partial charge in [0.25, 0.3) is 0 Å². The number of carbonyl (C=O) groups excluding carboxylic acids is 1. The predicted octanol–water partition coefficient (Wildman–Crippen LogP) is 5.46. The Bertz CT molecular complexity index is 1250. The molecule has 4 aromatic rings. The van der Waals surface area contributed by atoms with Gasteiger partial charge in [0.05, 0.1) is 25.0 Å². The Morgan fingerprint density at radius 3 is 2.50 bits per heavy atom. The third-order valence-electron chi connectivity index (χ3n) is 5.79.